The number of nitrogens with one attached hydrogen (secondary N) is 2. The second-order valence-electron chi connectivity index (χ2n) is 9.73. The summed E-state index contributed by atoms with van der Waals surface area (Å²) in [7, 11) is 0. The molecule has 7 nitrogen and oxygen atoms in total. The molecule has 0 saturated heterocycles. The zero-order valence-corrected chi connectivity index (χ0v) is 20.6. The maximum atomic E-state index is 13.7. The third-order valence-electron chi connectivity index (χ3n) is 7.32. The second-order valence-corrected chi connectivity index (χ2v) is 10.8. The summed E-state index contributed by atoms with van der Waals surface area (Å²) in [5, 5.41) is 9.28. The Bertz CT molecular complexity index is 1190. The normalized spacial score (nSPS) is 20.1. The molecule has 2 amide bonds. The first-order valence-corrected chi connectivity index (χ1v) is 13.2. The predicted octanol–water partition coefficient (Wildman–Crippen LogP) is 5.91. The minimum absolute atomic E-state index is 0.0485. The van der Waals surface area contributed by atoms with Gasteiger partial charge in [-0.1, -0.05) is 19.1 Å². The fourth-order valence-corrected chi connectivity index (χ4v) is 5.92. The largest absolute Gasteiger partial charge is 0.321 e. The molecule has 2 heterocycles. The Labute approximate surface area is 208 Å². The van der Waals surface area contributed by atoms with Crippen LogP contribution in [0.1, 0.15) is 72.0 Å². The molecular weight excluding hydrogens is 460 g/mol. The van der Waals surface area contributed by atoms with E-state index in [1.165, 1.54) is 17.5 Å². The van der Waals surface area contributed by atoms with Crippen molar-refractivity contribution in [2.24, 2.45) is 11.8 Å². The molecule has 0 atom stereocenters. The van der Waals surface area contributed by atoms with Gasteiger partial charge in [-0.15, -0.1) is 11.3 Å². The van der Waals surface area contributed by atoms with Gasteiger partial charge in [0.05, 0.1) is 10.6 Å². The van der Waals surface area contributed by atoms with Gasteiger partial charge < -0.3 is 10.2 Å². The molecule has 2 aliphatic carbocycles. The number of benzene rings is 1. The molecule has 8 heteroatoms. The third-order valence-corrected chi connectivity index (χ3v) is 8.42. The van der Waals surface area contributed by atoms with Gasteiger partial charge in [-0.2, -0.15) is 5.10 Å². The van der Waals surface area contributed by atoms with Crippen LogP contribution in [0, 0.1) is 11.8 Å². The van der Waals surface area contributed by atoms with Gasteiger partial charge in [0.25, 0.3) is 5.91 Å². The average Bonchev–Trinajstić information content (AvgIpc) is 3.52. The van der Waals surface area contributed by atoms with E-state index in [4.69, 9.17) is 0 Å². The number of carbonyl (C=O) groups is 3. The quantitative estimate of drug-likeness (QED) is 0.402. The number of aromatic amines is 1. The number of hydrogen-bond donors (Lipinski definition) is 2. The smallest absolute Gasteiger partial charge is 0.273 e. The molecule has 0 radical (unpaired) electrons. The number of nitrogens with zero attached hydrogens (tertiary/aromatic N) is 2. The van der Waals surface area contributed by atoms with Crippen LogP contribution < -0.4 is 10.2 Å². The molecule has 2 N–H and O–H groups in total. The van der Waals surface area contributed by atoms with E-state index < -0.39 is 0 Å². The maximum absolute atomic E-state index is 13.7. The minimum atomic E-state index is -0.260. The number of amides is 2. The minimum Gasteiger partial charge on any atom is -0.321 e. The third kappa shape index (κ3) is 4.93. The summed E-state index contributed by atoms with van der Waals surface area (Å²) in [6.07, 6.45) is 9.56. The average molecular weight is 491 g/mol. The Balaban J connectivity index is 1.38. The summed E-state index contributed by atoms with van der Waals surface area (Å²) in [6.45, 7) is 2.26. The Morgan fingerprint density at radius 2 is 1.83 bits per heavy atom. The van der Waals surface area contributed by atoms with Crippen molar-refractivity contribution in [3.8, 4) is 10.4 Å². The number of aldehydes is 1. The first kappa shape index (κ1) is 23.5. The van der Waals surface area contributed by atoms with Gasteiger partial charge >= 0.3 is 0 Å². The zero-order valence-electron chi connectivity index (χ0n) is 19.8. The van der Waals surface area contributed by atoms with Crippen molar-refractivity contribution in [3.05, 3.63) is 53.2 Å². The number of H-pyrrole nitrogens is 1. The van der Waals surface area contributed by atoms with E-state index in [0.717, 1.165) is 67.4 Å². The molecule has 0 unspecified atom stereocenters. The lowest BCUT2D eigenvalue weighted by Crippen LogP contribution is -2.48. The van der Waals surface area contributed by atoms with Crippen LogP contribution in [0.5, 0.6) is 0 Å². The van der Waals surface area contributed by atoms with Gasteiger partial charge in [-0.3, -0.25) is 19.5 Å². The summed E-state index contributed by atoms with van der Waals surface area (Å²) in [4.78, 5) is 41.4. The van der Waals surface area contributed by atoms with Crippen molar-refractivity contribution >= 4 is 40.8 Å². The van der Waals surface area contributed by atoms with Crippen LogP contribution in [-0.4, -0.2) is 34.3 Å². The lowest BCUT2D eigenvalue weighted by Gasteiger charge is -2.40. The van der Waals surface area contributed by atoms with Crippen molar-refractivity contribution < 1.29 is 14.4 Å². The second kappa shape index (κ2) is 10.2. The van der Waals surface area contributed by atoms with Crippen molar-refractivity contribution in [1.29, 1.82) is 0 Å². The van der Waals surface area contributed by atoms with Gasteiger partial charge in [0.2, 0.25) is 5.91 Å². The van der Waals surface area contributed by atoms with Crippen LogP contribution in [0.25, 0.3) is 10.4 Å². The summed E-state index contributed by atoms with van der Waals surface area (Å²) in [5.41, 5.74) is 2.75. The van der Waals surface area contributed by atoms with E-state index in [0.29, 0.717) is 22.2 Å². The summed E-state index contributed by atoms with van der Waals surface area (Å²) in [6, 6.07) is 11.3. The highest BCUT2D eigenvalue weighted by atomic mass is 32.1. The van der Waals surface area contributed by atoms with Crippen LogP contribution in [0.15, 0.2) is 42.6 Å². The van der Waals surface area contributed by atoms with Crippen LogP contribution in [-0.2, 0) is 4.79 Å². The van der Waals surface area contributed by atoms with Crippen LogP contribution >= 0.6 is 11.3 Å². The molecule has 0 spiro atoms. The molecule has 2 aromatic heterocycles. The number of aromatic nitrogens is 2. The molecule has 0 bridgehead atoms. The highest BCUT2D eigenvalue weighted by Gasteiger charge is 2.37. The van der Waals surface area contributed by atoms with Gasteiger partial charge in [0.15, 0.2) is 6.29 Å². The summed E-state index contributed by atoms with van der Waals surface area (Å²) < 4.78 is 0. The fraction of sp³-hybridized carbons (Fsp3) is 0.407. The monoisotopic (exact) mass is 490 g/mol. The highest BCUT2D eigenvalue weighted by Crippen LogP contribution is 2.42. The van der Waals surface area contributed by atoms with E-state index in [1.54, 1.807) is 6.07 Å². The number of hydrogen-bond acceptors (Lipinski definition) is 5. The molecule has 2 saturated carbocycles. The van der Waals surface area contributed by atoms with Crippen molar-refractivity contribution in [2.75, 3.05) is 10.2 Å². The molecule has 182 valence electrons. The van der Waals surface area contributed by atoms with Gasteiger partial charge in [0.1, 0.15) is 5.69 Å². The van der Waals surface area contributed by atoms with Crippen molar-refractivity contribution in [2.45, 2.75) is 57.9 Å². The number of carbonyl (C=O) groups excluding carboxylic acids is 3. The summed E-state index contributed by atoms with van der Waals surface area (Å²) in [5.74, 6) is 0.656. The Hall–Kier alpha value is -3.26. The lowest BCUT2D eigenvalue weighted by atomic mass is 9.81. The van der Waals surface area contributed by atoms with E-state index >= 15 is 0 Å². The van der Waals surface area contributed by atoms with Crippen molar-refractivity contribution in [1.82, 2.24) is 10.2 Å². The van der Waals surface area contributed by atoms with Gasteiger partial charge in [-0.05, 0) is 80.7 Å². The molecule has 5 rings (SSSR count). The van der Waals surface area contributed by atoms with Gasteiger partial charge in [-0.25, -0.2) is 0 Å². The molecule has 1 aromatic carbocycles. The van der Waals surface area contributed by atoms with Crippen LogP contribution in [0.4, 0.5) is 11.4 Å². The van der Waals surface area contributed by atoms with Gasteiger partial charge in [0, 0.05) is 28.7 Å². The Morgan fingerprint density at radius 1 is 1.09 bits per heavy atom. The first-order chi connectivity index (χ1) is 17.0. The molecule has 0 aliphatic heterocycles. The number of anilines is 2. The number of rotatable bonds is 7. The fourth-order valence-electron chi connectivity index (χ4n) is 4.95. The first-order valence-electron chi connectivity index (χ1n) is 12.4. The topological polar surface area (TPSA) is 95.2 Å². The van der Waals surface area contributed by atoms with Crippen LogP contribution in [0.3, 0.4) is 0 Å². The Morgan fingerprint density at radius 3 is 2.43 bits per heavy atom. The SMILES string of the molecule is CC1CCC(C(=O)N(c2cc(-c3ccc(NC(=O)c4ccn[nH]4)cc3)sc2C=O)C2CCC2)CC1. The molecule has 2 fully saturated rings. The molecular formula is C27H30N4O3S. The standard InChI is InChI=1S/C27H30N4O3S/c1-17-5-7-19(8-6-17)27(34)31(21-3-2-4-21)23-15-24(35-25(23)16-32)18-9-11-20(12-10-18)29-26(33)22-13-14-28-30-22/h9-17,19,21H,2-8H2,1H3,(H,28,30)(H,29,33). The molecule has 2 aliphatic rings. The highest BCUT2D eigenvalue weighted by molar-refractivity contribution is 7.17. The molecule has 35 heavy (non-hydrogen) atoms. The van der Waals surface area contributed by atoms with E-state index in [1.807, 2.05) is 35.2 Å². The summed E-state index contributed by atoms with van der Waals surface area (Å²) >= 11 is 1.41. The maximum Gasteiger partial charge on any atom is 0.273 e. The zero-order chi connectivity index (χ0) is 24.4. The van der Waals surface area contributed by atoms with E-state index in [9.17, 15) is 14.4 Å². The van der Waals surface area contributed by atoms with Crippen LogP contribution in [0.2, 0.25) is 0 Å². The lowest BCUT2D eigenvalue weighted by molar-refractivity contribution is -0.124. The predicted molar refractivity (Wildman–Crippen MR) is 138 cm³/mol. The van der Waals surface area contributed by atoms with E-state index in [2.05, 4.69) is 22.4 Å². The van der Waals surface area contributed by atoms with Crippen molar-refractivity contribution in [3.63, 3.8) is 0 Å². The number of thiophene rings is 1. The molecule has 3 aromatic rings. The van der Waals surface area contributed by atoms with E-state index in [-0.39, 0.29) is 23.8 Å². The Kier molecular flexibility index (Phi) is 6.81.